The maximum Gasteiger partial charge on any atom is 0.191 e. The molecule has 0 heterocycles. The lowest BCUT2D eigenvalue weighted by Gasteiger charge is -2.11. The Morgan fingerprint density at radius 2 is 1.96 bits per heavy atom. The molecule has 5 nitrogen and oxygen atoms in total. The second-order valence-corrected chi connectivity index (χ2v) is 5.65. The van der Waals surface area contributed by atoms with Gasteiger partial charge in [-0.1, -0.05) is 24.3 Å². The average Bonchev–Trinajstić information content (AvgIpc) is 2.55. The molecule has 0 aliphatic heterocycles. The third-order valence-corrected chi connectivity index (χ3v) is 3.16. The van der Waals surface area contributed by atoms with Crippen LogP contribution in [0, 0.1) is 0 Å². The van der Waals surface area contributed by atoms with Gasteiger partial charge in [-0.25, -0.2) is 4.99 Å². The van der Waals surface area contributed by atoms with E-state index < -0.39 is 0 Å². The number of halogens is 1. The number of nitrogens with one attached hydrogen (secondary N) is 2. The van der Waals surface area contributed by atoms with Crippen LogP contribution in [0.4, 0.5) is 0 Å². The minimum Gasteiger partial charge on any atom is -0.385 e. The molecule has 0 spiro atoms. The maximum absolute atomic E-state index is 5.65. The molecule has 0 aliphatic rings. The number of aliphatic imine (C=N–C) groups is 1. The number of nitrogens with zero attached hydrogens (tertiary/aromatic N) is 1. The van der Waals surface area contributed by atoms with Crippen molar-refractivity contribution in [1.82, 2.24) is 10.6 Å². The molecular formula is C18H32IN3O2. The Bertz CT molecular complexity index is 467. The van der Waals surface area contributed by atoms with Crippen LogP contribution in [-0.2, 0) is 22.6 Å². The fourth-order valence-corrected chi connectivity index (χ4v) is 2.02. The van der Waals surface area contributed by atoms with E-state index in [4.69, 9.17) is 9.47 Å². The first kappa shape index (κ1) is 23.1. The third kappa shape index (κ3) is 10.8. The standard InChI is InChI=1S/C18H31N3O2.HI/c1-5-19-18(20-10-7-11-22-4)21-13-16-8-6-9-17(12-16)14-23-15(2)3;/h6,8-9,12,15H,5,7,10-11,13-14H2,1-4H3,(H2,19,20,21);1H. The Labute approximate surface area is 163 Å². The zero-order valence-electron chi connectivity index (χ0n) is 15.3. The van der Waals surface area contributed by atoms with E-state index >= 15 is 0 Å². The van der Waals surface area contributed by atoms with Gasteiger partial charge in [-0.05, 0) is 38.3 Å². The summed E-state index contributed by atoms with van der Waals surface area (Å²) in [5, 5.41) is 6.57. The summed E-state index contributed by atoms with van der Waals surface area (Å²) in [6.07, 6.45) is 1.21. The molecule has 0 radical (unpaired) electrons. The first-order valence-electron chi connectivity index (χ1n) is 8.36. The van der Waals surface area contributed by atoms with Crippen molar-refractivity contribution in [2.24, 2.45) is 4.99 Å². The first-order chi connectivity index (χ1) is 11.2. The van der Waals surface area contributed by atoms with Gasteiger partial charge in [0.05, 0.1) is 19.3 Å². The predicted molar refractivity (Wildman–Crippen MR) is 111 cm³/mol. The normalized spacial score (nSPS) is 11.3. The van der Waals surface area contributed by atoms with Crippen LogP contribution >= 0.6 is 24.0 Å². The van der Waals surface area contributed by atoms with E-state index in [2.05, 4.69) is 46.8 Å². The van der Waals surface area contributed by atoms with Gasteiger partial charge in [0, 0.05) is 26.8 Å². The van der Waals surface area contributed by atoms with Gasteiger partial charge in [-0.15, -0.1) is 24.0 Å². The number of benzene rings is 1. The van der Waals surface area contributed by atoms with E-state index in [9.17, 15) is 0 Å². The second kappa shape index (κ2) is 14.5. The van der Waals surface area contributed by atoms with E-state index in [1.165, 1.54) is 11.1 Å². The molecule has 0 atom stereocenters. The van der Waals surface area contributed by atoms with Gasteiger partial charge in [0.15, 0.2) is 5.96 Å². The Balaban J connectivity index is 0.00000529. The van der Waals surface area contributed by atoms with Crippen LogP contribution in [0.15, 0.2) is 29.3 Å². The molecule has 24 heavy (non-hydrogen) atoms. The van der Waals surface area contributed by atoms with E-state index in [-0.39, 0.29) is 30.1 Å². The molecule has 0 saturated carbocycles. The van der Waals surface area contributed by atoms with Gasteiger partial charge < -0.3 is 20.1 Å². The van der Waals surface area contributed by atoms with E-state index in [0.717, 1.165) is 32.1 Å². The Hall–Kier alpha value is -0.860. The van der Waals surface area contributed by atoms with Gasteiger partial charge in [-0.2, -0.15) is 0 Å². The number of methoxy groups -OCH3 is 1. The lowest BCUT2D eigenvalue weighted by atomic mass is 10.1. The van der Waals surface area contributed by atoms with Crippen molar-refractivity contribution in [2.45, 2.75) is 46.4 Å². The number of ether oxygens (including phenoxy) is 2. The molecule has 0 bridgehead atoms. The Morgan fingerprint density at radius 3 is 2.62 bits per heavy atom. The van der Waals surface area contributed by atoms with Crippen LogP contribution in [0.5, 0.6) is 0 Å². The van der Waals surface area contributed by atoms with Crippen molar-refractivity contribution in [1.29, 1.82) is 0 Å². The van der Waals surface area contributed by atoms with Crippen LogP contribution in [0.2, 0.25) is 0 Å². The lowest BCUT2D eigenvalue weighted by Crippen LogP contribution is -2.38. The SMILES string of the molecule is CCNC(=NCc1cccc(COC(C)C)c1)NCCCOC.I. The van der Waals surface area contributed by atoms with Gasteiger partial charge >= 0.3 is 0 Å². The summed E-state index contributed by atoms with van der Waals surface area (Å²) < 4.78 is 10.7. The molecular weight excluding hydrogens is 417 g/mol. The highest BCUT2D eigenvalue weighted by atomic mass is 127. The van der Waals surface area contributed by atoms with Crippen LogP contribution < -0.4 is 10.6 Å². The highest BCUT2D eigenvalue weighted by Gasteiger charge is 2.00. The summed E-state index contributed by atoms with van der Waals surface area (Å²) in [4.78, 5) is 4.63. The van der Waals surface area contributed by atoms with E-state index in [0.29, 0.717) is 13.2 Å². The highest BCUT2D eigenvalue weighted by Crippen LogP contribution is 2.09. The fourth-order valence-electron chi connectivity index (χ4n) is 2.02. The molecule has 1 rings (SSSR count). The summed E-state index contributed by atoms with van der Waals surface area (Å²) in [7, 11) is 1.72. The molecule has 0 fully saturated rings. The highest BCUT2D eigenvalue weighted by molar-refractivity contribution is 14.0. The number of hydrogen-bond donors (Lipinski definition) is 2. The molecule has 2 N–H and O–H groups in total. The minimum absolute atomic E-state index is 0. The van der Waals surface area contributed by atoms with Crippen LogP contribution in [0.3, 0.4) is 0 Å². The summed E-state index contributed by atoms with van der Waals surface area (Å²) in [5.41, 5.74) is 2.37. The van der Waals surface area contributed by atoms with Crippen molar-refractivity contribution in [3.8, 4) is 0 Å². The quantitative estimate of drug-likeness (QED) is 0.249. The molecule has 0 aromatic heterocycles. The van der Waals surface area contributed by atoms with E-state index in [1.807, 2.05) is 13.8 Å². The predicted octanol–water partition coefficient (Wildman–Crippen LogP) is 3.32. The topological polar surface area (TPSA) is 54.9 Å². The summed E-state index contributed by atoms with van der Waals surface area (Å²) in [6, 6.07) is 8.39. The summed E-state index contributed by atoms with van der Waals surface area (Å²) >= 11 is 0. The van der Waals surface area contributed by atoms with Crippen molar-refractivity contribution >= 4 is 29.9 Å². The smallest absolute Gasteiger partial charge is 0.191 e. The van der Waals surface area contributed by atoms with Gasteiger partial charge in [0.25, 0.3) is 0 Å². The minimum atomic E-state index is 0. The number of guanidine groups is 1. The molecule has 1 aromatic carbocycles. The zero-order valence-corrected chi connectivity index (χ0v) is 17.6. The molecule has 0 unspecified atom stereocenters. The summed E-state index contributed by atoms with van der Waals surface area (Å²) in [5.74, 6) is 0.840. The zero-order chi connectivity index (χ0) is 16.9. The molecule has 0 amide bonds. The Morgan fingerprint density at radius 1 is 1.21 bits per heavy atom. The molecule has 138 valence electrons. The fraction of sp³-hybridized carbons (Fsp3) is 0.611. The Kier molecular flexibility index (Phi) is 14.0. The first-order valence-corrected chi connectivity index (χ1v) is 8.36. The van der Waals surface area contributed by atoms with Gasteiger partial charge in [-0.3, -0.25) is 0 Å². The molecule has 6 heteroatoms. The molecule has 1 aromatic rings. The maximum atomic E-state index is 5.65. The largest absolute Gasteiger partial charge is 0.385 e. The summed E-state index contributed by atoms with van der Waals surface area (Å²) in [6.45, 7) is 9.90. The van der Waals surface area contributed by atoms with Crippen LogP contribution in [0.1, 0.15) is 38.3 Å². The second-order valence-electron chi connectivity index (χ2n) is 5.65. The third-order valence-electron chi connectivity index (χ3n) is 3.16. The van der Waals surface area contributed by atoms with Gasteiger partial charge in [0.1, 0.15) is 0 Å². The van der Waals surface area contributed by atoms with Crippen LogP contribution in [0.25, 0.3) is 0 Å². The van der Waals surface area contributed by atoms with Crippen molar-refractivity contribution in [3.63, 3.8) is 0 Å². The average molecular weight is 449 g/mol. The van der Waals surface area contributed by atoms with Crippen molar-refractivity contribution < 1.29 is 9.47 Å². The van der Waals surface area contributed by atoms with Crippen molar-refractivity contribution in [3.05, 3.63) is 35.4 Å². The molecule has 0 aliphatic carbocycles. The van der Waals surface area contributed by atoms with Crippen LogP contribution in [-0.4, -0.2) is 38.9 Å². The number of hydrogen-bond acceptors (Lipinski definition) is 3. The number of rotatable bonds is 10. The van der Waals surface area contributed by atoms with E-state index in [1.54, 1.807) is 7.11 Å². The van der Waals surface area contributed by atoms with Crippen molar-refractivity contribution in [2.75, 3.05) is 26.8 Å². The van der Waals surface area contributed by atoms with Gasteiger partial charge in [0.2, 0.25) is 0 Å². The monoisotopic (exact) mass is 449 g/mol. The lowest BCUT2D eigenvalue weighted by molar-refractivity contribution is 0.0657. The molecule has 0 saturated heterocycles.